The van der Waals surface area contributed by atoms with E-state index in [4.69, 9.17) is 0 Å². The van der Waals surface area contributed by atoms with Crippen LogP contribution in [0.4, 0.5) is 0 Å². The highest BCUT2D eigenvalue weighted by molar-refractivity contribution is 7.22. The predicted octanol–water partition coefficient (Wildman–Crippen LogP) is 4.22. The van der Waals surface area contributed by atoms with Crippen LogP contribution in [0.2, 0.25) is 0 Å². The van der Waals surface area contributed by atoms with Gasteiger partial charge in [0.1, 0.15) is 10.8 Å². The molecule has 0 radical (unpaired) electrons. The van der Waals surface area contributed by atoms with Gasteiger partial charge in [0, 0.05) is 11.6 Å². The van der Waals surface area contributed by atoms with Crippen molar-refractivity contribution in [2.75, 3.05) is 0 Å². The summed E-state index contributed by atoms with van der Waals surface area (Å²) in [6.45, 7) is 0. The smallest absolute Gasteiger partial charge is 0.128 e. The summed E-state index contributed by atoms with van der Waals surface area (Å²) in [5.74, 6) is 0.258. The molecule has 0 saturated heterocycles. The van der Waals surface area contributed by atoms with Crippen molar-refractivity contribution in [2.45, 2.75) is 0 Å². The molecule has 0 fully saturated rings. The van der Waals surface area contributed by atoms with Gasteiger partial charge in [-0.3, -0.25) is 4.98 Å². The van der Waals surface area contributed by atoms with Crippen LogP contribution in [-0.4, -0.2) is 15.1 Å². The van der Waals surface area contributed by atoms with E-state index in [1.807, 2.05) is 36.4 Å². The summed E-state index contributed by atoms with van der Waals surface area (Å²) in [5, 5.41) is 11.9. The SMILES string of the molecule is Oc1ccccc1-c1nc2ccc3ncccc3c2s1. The summed E-state index contributed by atoms with van der Waals surface area (Å²) in [6, 6.07) is 15.2. The third kappa shape index (κ3) is 1.66. The van der Waals surface area contributed by atoms with Gasteiger partial charge in [0.2, 0.25) is 0 Å². The first-order valence-corrected chi connectivity index (χ1v) is 7.07. The number of aromatic nitrogens is 2. The van der Waals surface area contributed by atoms with Crippen LogP contribution in [0, 0.1) is 0 Å². The Morgan fingerprint density at radius 2 is 1.75 bits per heavy atom. The van der Waals surface area contributed by atoms with E-state index < -0.39 is 0 Å². The average molecular weight is 278 g/mol. The predicted molar refractivity (Wildman–Crippen MR) is 82.0 cm³/mol. The normalized spacial score (nSPS) is 11.2. The molecule has 96 valence electrons. The third-order valence-corrected chi connectivity index (χ3v) is 4.41. The van der Waals surface area contributed by atoms with Gasteiger partial charge in [-0.05, 0) is 36.4 Å². The molecular weight excluding hydrogens is 268 g/mol. The lowest BCUT2D eigenvalue weighted by Gasteiger charge is -1.98. The molecule has 0 atom stereocenters. The first-order valence-electron chi connectivity index (χ1n) is 6.25. The molecule has 0 amide bonds. The molecule has 2 aromatic carbocycles. The lowest BCUT2D eigenvalue weighted by molar-refractivity contribution is 0.477. The molecule has 0 aliphatic heterocycles. The van der Waals surface area contributed by atoms with Gasteiger partial charge >= 0.3 is 0 Å². The molecule has 2 aromatic heterocycles. The molecule has 0 saturated carbocycles. The Morgan fingerprint density at radius 1 is 0.900 bits per heavy atom. The van der Waals surface area contributed by atoms with Crippen molar-refractivity contribution in [3.63, 3.8) is 0 Å². The van der Waals surface area contributed by atoms with Crippen molar-refractivity contribution in [1.29, 1.82) is 0 Å². The van der Waals surface area contributed by atoms with E-state index in [0.717, 1.165) is 31.7 Å². The number of hydrogen-bond acceptors (Lipinski definition) is 4. The van der Waals surface area contributed by atoms with E-state index in [9.17, 15) is 5.11 Å². The van der Waals surface area contributed by atoms with Crippen molar-refractivity contribution in [3.8, 4) is 16.3 Å². The third-order valence-electron chi connectivity index (χ3n) is 3.27. The fourth-order valence-corrected chi connectivity index (χ4v) is 3.43. The average Bonchev–Trinajstić information content (AvgIpc) is 2.92. The molecule has 4 rings (SSSR count). The first-order chi connectivity index (χ1) is 9.83. The summed E-state index contributed by atoms with van der Waals surface area (Å²) in [5.41, 5.74) is 2.67. The summed E-state index contributed by atoms with van der Waals surface area (Å²) in [6.07, 6.45) is 1.79. The largest absolute Gasteiger partial charge is 0.507 e. The van der Waals surface area contributed by atoms with E-state index in [0.29, 0.717) is 0 Å². The number of phenolic OH excluding ortho intramolecular Hbond substituents is 1. The molecular formula is C16H10N2OS. The Balaban J connectivity index is 2.04. The van der Waals surface area contributed by atoms with E-state index >= 15 is 0 Å². The Kier molecular flexibility index (Phi) is 2.44. The standard InChI is InChI=1S/C16H10N2OS/c19-14-6-2-1-4-11(14)16-18-13-8-7-12-10(15(13)20-16)5-3-9-17-12/h1-9,19H. The fourth-order valence-electron chi connectivity index (χ4n) is 2.31. The van der Waals surface area contributed by atoms with Crippen LogP contribution in [0.5, 0.6) is 5.75 Å². The second-order valence-corrected chi connectivity index (χ2v) is 5.52. The highest BCUT2D eigenvalue weighted by atomic mass is 32.1. The van der Waals surface area contributed by atoms with Gasteiger partial charge in [-0.25, -0.2) is 4.98 Å². The van der Waals surface area contributed by atoms with Crippen LogP contribution in [0.1, 0.15) is 0 Å². The Morgan fingerprint density at radius 3 is 2.65 bits per heavy atom. The topological polar surface area (TPSA) is 46.0 Å². The molecule has 4 heteroatoms. The Labute approximate surface area is 119 Å². The zero-order valence-electron chi connectivity index (χ0n) is 10.4. The van der Waals surface area contributed by atoms with Gasteiger partial charge in [-0.1, -0.05) is 12.1 Å². The van der Waals surface area contributed by atoms with Crippen molar-refractivity contribution in [3.05, 3.63) is 54.7 Å². The maximum atomic E-state index is 9.96. The minimum absolute atomic E-state index is 0.258. The molecule has 0 spiro atoms. The van der Waals surface area contributed by atoms with Crippen molar-refractivity contribution >= 4 is 32.5 Å². The van der Waals surface area contributed by atoms with Crippen LogP contribution < -0.4 is 0 Å². The van der Waals surface area contributed by atoms with Crippen LogP contribution in [-0.2, 0) is 0 Å². The molecule has 3 nitrogen and oxygen atoms in total. The molecule has 0 unspecified atom stereocenters. The van der Waals surface area contributed by atoms with Gasteiger partial charge in [-0.15, -0.1) is 11.3 Å². The van der Waals surface area contributed by atoms with Crippen molar-refractivity contribution in [1.82, 2.24) is 9.97 Å². The summed E-state index contributed by atoms with van der Waals surface area (Å²) >= 11 is 1.58. The van der Waals surface area contributed by atoms with E-state index in [1.165, 1.54) is 0 Å². The number of benzene rings is 2. The molecule has 1 N–H and O–H groups in total. The number of para-hydroxylation sites is 1. The lowest BCUT2D eigenvalue weighted by Crippen LogP contribution is -1.78. The second-order valence-electron chi connectivity index (χ2n) is 4.52. The highest BCUT2D eigenvalue weighted by Crippen LogP contribution is 2.37. The van der Waals surface area contributed by atoms with Gasteiger partial charge in [-0.2, -0.15) is 0 Å². The highest BCUT2D eigenvalue weighted by Gasteiger charge is 2.11. The van der Waals surface area contributed by atoms with Crippen LogP contribution >= 0.6 is 11.3 Å². The minimum Gasteiger partial charge on any atom is -0.507 e. The monoisotopic (exact) mass is 278 g/mol. The van der Waals surface area contributed by atoms with E-state index in [1.54, 1.807) is 23.6 Å². The molecule has 20 heavy (non-hydrogen) atoms. The Bertz CT molecular complexity index is 930. The summed E-state index contributed by atoms with van der Waals surface area (Å²) < 4.78 is 1.11. The molecule has 0 aliphatic carbocycles. The number of rotatable bonds is 1. The maximum Gasteiger partial charge on any atom is 0.128 e. The Hall–Kier alpha value is -2.46. The van der Waals surface area contributed by atoms with Gasteiger partial charge in [0.05, 0.1) is 21.3 Å². The number of nitrogens with zero attached hydrogens (tertiary/aromatic N) is 2. The molecule has 2 heterocycles. The summed E-state index contributed by atoms with van der Waals surface area (Å²) in [7, 11) is 0. The van der Waals surface area contributed by atoms with Gasteiger partial charge < -0.3 is 5.11 Å². The second kappa shape index (κ2) is 4.28. The van der Waals surface area contributed by atoms with Crippen molar-refractivity contribution in [2.24, 2.45) is 0 Å². The fraction of sp³-hybridized carbons (Fsp3) is 0. The van der Waals surface area contributed by atoms with Gasteiger partial charge in [0.15, 0.2) is 0 Å². The molecule has 0 aliphatic rings. The number of aromatic hydroxyl groups is 1. The summed E-state index contributed by atoms with van der Waals surface area (Å²) in [4.78, 5) is 8.99. The zero-order valence-corrected chi connectivity index (χ0v) is 11.3. The number of hydrogen-bond donors (Lipinski definition) is 1. The lowest BCUT2D eigenvalue weighted by atomic mass is 10.2. The van der Waals surface area contributed by atoms with Crippen molar-refractivity contribution < 1.29 is 5.11 Å². The first kappa shape index (κ1) is 11.4. The quantitative estimate of drug-likeness (QED) is 0.567. The number of thiazole rings is 1. The van der Waals surface area contributed by atoms with Crippen LogP contribution in [0.3, 0.4) is 0 Å². The van der Waals surface area contributed by atoms with E-state index in [2.05, 4.69) is 16.0 Å². The minimum atomic E-state index is 0.258. The van der Waals surface area contributed by atoms with Gasteiger partial charge in [0.25, 0.3) is 0 Å². The maximum absolute atomic E-state index is 9.96. The van der Waals surface area contributed by atoms with Crippen LogP contribution in [0.15, 0.2) is 54.7 Å². The van der Waals surface area contributed by atoms with Crippen LogP contribution in [0.25, 0.3) is 31.7 Å². The molecule has 0 bridgehead atoms. The number of phenols is 1. The zero-order chi connectivity index (χ0) is 13.5. The molecule has 4 aromatic rings. The number of fused-ring (bicyclic) bond motifs is 3. The number of pyridine rings is 1. The van der Waals surface area contributed by atoms with E-state index in [-0.39, 0.29) is 5.75 Å².